The Balaban J connectivity index is 2.41. The molecule has 0 bridgehead atoms. The largest absolute Gasteiger partial charge is 0.367 e. The molecule has 0 fully saturated rings. The Morgan fingerprint density at radius 1 is 1.38 bits per heavy atom. The first-order valence-corrected chi connectivity index (χ1v) is 6.61. The van der Waals surface area contributed by atoms with Gasteiger partial charge in [-0.25, -0.2) is 8.78 Å². The first-order valence-electron chi connectivity index (χ1n) is 6.61. The van der Waals surface area contributed by atoms with E-state index in [-0.39, 0.29) is 11.9 Å². The predicted octanol–water partition coefficient (Wildman–Crippen LogP) is 2.42. The van der Waals surface area contributed by atoms with E-state index in [1.54, 1.807) is 0 Å². The van der Waals surface area contributed by atoms with Gasteiger partial charge in [0.2, 0.25) is 5.89 Å². The van der Waals surface area contributed by atoms with Crippen LogP contribution in [0.4, 0.5) is 17.6 Å². The normalized spacial score (nSPS) is 13.9. The fraction of sp³-hybridized carbons (Fsp3) is 0.833. The molecule has 122 valence electrons. The Morgan fingerprint density at radius 2 is 2.10 bits per heavy atom. The molecule has 21 heavy (non-hydrogen) atoms. The van der Waals surface area contributed by atoms with Gasteiger partial charge in [0.05, 0.1) is 0 Å². The summed E-state index contributed by atoms with van der Waals surface area (Å²) in [6.07, 6.45) is -1.35. The number of nitrogens with one attached hydrogen (secondary N) is 1. The van der Waals surface area contributed by atoms with Crippen LogP contribution in [0.2, 0.25) is 0 Å². The minimum Gasteiger partial charge on any atom is -0.367 e. The van der Waals surface area contributed by atoms with E-state index in [9.17, 15) is 17.6 Å². The number of nitrogens with zero attached hydrogens (tertiary/aromatic N) is 2. The number of ether oxygens (including phenoxy) is 1. The lowest BCUT2D eigenvalue weighted by Crippen LogP contribution is -2.32. The second-order valence-corrected chi connectivity index (χ2v) is 4.64. The number of rotatable bonds is 10. The van der Waals surface area contributed by atoms with E-state index < -0.39 is 25.6 Å². The zero-order valence-corrected chi connectivity index (χ0v) is 11.9. The molecule has 0 amide bonds. The highest BCUT2D eigenvalue weighted by atomic mass is 19.3. The molecule has 1 unspecified atom stereocenters. The van der Waals surface area contributed by atoms with Crippen LogP contribution in [0.3, 0.4) is 0 Å². The van der Waals surface area contributed by atoms with E-state index in [1.165, 1.54) is 0 Å². The lowest BCUT2D eigenvalue weighted by molar-refractivity contribution is -0.168. The van der Waals surface area contributed by atoms with E-state index in [0.717, 1.165) is 12.8 Å². The van der Waals surface area contributed by atoms with Gasteiger partial charge < -0.3 is 14.6 Å². The number of alkyl halides is 4. The minimum absolute atomic E-state index is 0.0569. The zero-order valence-electron chi connectivity index (χ0n) is 11.9. The zero-order chi connectivity index (χ0) is 15.9. The first kappa shape index (κ1) is 17.8. The number of halogens is 4. The van der Waals surface area contributed by atoms with Crippen molar-refractivity contribution in [3.05, 3.63) is 11.7 Å². The Hall–Kier alpha value is -1.22. The predicted molar refractivity (Wildman–Crippen MR) is 66.4 cm³/mol. The van der Waals surface area contributed by atoms with Crippen molar-refractivity contribution in [1.29, 1.82) is 0 Å². The summed E-state index contributed by atoms with van der Waals surface area (Å²) in [5.74, 6) is -3.77. The van der Waals surface area contributed by atoms with Crippen LogP contribution in [0, 0.1) is 0 Å². The van der Waals surface area contributed by atoms with Crippen molar-refractivity contribution >= 4 is 0 Å². The molecule has 0 radical (unpaired) electrons. The molecule has 1 N–H and O–H groups in total. The van der Waals surface area contributed by atoms with Crippen LogP contribution in [0.25, 0.3) is 0 Å². The molecule has 0 aliphatic heterocycles. The summed E-state index contributed by atoms with van der Waals surface area (Å²) in [6, 6.07) is 0.174. The van der Waals surface area contributed by atoms with Crippen molar-refractivity contribution in [3.8, 4) is 0 Å². The summed E-state index contributed by atoms with van der Waals surface area (Å²) < 4.78 is 58.5. The fourth-order valence-electron chi connectivity index (χ4n) is 1.68. The fourth-order valence-corrected chi connectivity index (χ4v) is 1.68. The third-order valence-electron chi connectivity index (χ3n) is 2.82. The molecule has 0 aliphatic rings. The molecule has 0 saturated heterocycles. The Kier molecular flexibility index (Phi) is 7.03. The summed E-state index contributed by atoms with van der Waals surface area (Å²) in [4.78, 5) is 3.97. The molecule has 9 heteroatoms. The summed E-state index contributed by atoms with van der Waals surface area (Å²) in [6.45, 7) is 0.258. The van der Waals surface area contributed by atoms with E-state index in [2.05, 4.69) is 20.2 Å². The lowest BCUT2D eigenvalue weighted by Gasteiger charge is -2.14. The van der Waals surface area contributed by atoms with Crippen molar-refractivity contribution in [2.24, 2.45) is 0 Å². The quantitative estimate of drug-likeness (QED) is 0.672. The van der Waals surface area contributed by atoms with Gasteiger partial charge in [-0.3, -0.25) is 0 Å². The summed E-state index contributed by atoms with van der Waals surface area (Å²) in [7, 11) is 1.81. The summed E-state index contributed by atoms with van der Waals surface area (Å²) in [5.41, 5.74) is 0. The molecular weight excluding hydrogens is 294 g/mol. The van der Waals surface area contributed by atoms with E-state index in [4.69, 9.17) is 4.52 Å². The smallest absolute Gasteiger partial charge is 0.330 e. The molecule has 1 aromatic rings. The summed E-state index contributed by atoms with van der Waals surface area (Å²) >= 11 is 0. The molecule has 1 rings (SSSR count). The number of likely N-dealkylation sites (N-methyl/N-ethyl adjacent to an activating group) is 1. The molecule has 0 aromatic carbocycles. The van der Waals surface area contributed by atoms with Crippen LogP contribution in [-0.4, -0.2) is 42.2 Å². The Morgan fingerprint density at radius 3 is 2.67 bits per heavy atom. The van der Waals surface area contributed by atoms with Crippen molar-refractivity contribution < 1.29 is 26.8 Å². The van der Waals surface area contributed by atoms with Crippen LogP contribution in [0.15, 0.2) is 4.52 Å². The van der Waals surface area contributed by atoms with Crippen LogP contribution in [0.5, 0.6) is 0 Å². The number of hydrogen-bond donors (Lipinski definition) is 1. The maximum atomic E-state index is 12.6. The van der Waals surface area contributed by atoms with Gasteiger partial charge in [0.1, 0.15) is 13.2 Å². The van der Waals surface area contributed by atoms with Gasteiger partial charge in [-0.1, -0.05) is 18.5 Å². The number of hydrogen-bond acceptors (Lipinski definition) is 5. The highest BCUT2D eigenvalue weighted by Gasteiger charge is 2.41. The maximum Gasteiger partial charge on any atom is 0.330 e. The standard InChI is InChI=1S/C12H19F4N3O2/c1-3-4-8(17-2)5-10-18-9(19-21-10)6-20-7-12(15,16)11(13)14/h8,11,17H,3-7H2,1-2H3. The second kappa shape index (κ2) is 8.28. The Bertz CT molecular complexity index is 415. The van der Waals surface area contributed by atoms with Crippen molar-refractivity contribution in [3.63, 3.8) is 0 Å². The summed E-state index contributed by atoms with van der Waals surface area (Å²) in [5, 5.41) is 6.65. The van der Waals surface area contributed by atoms with Gasteiger partial charge in [0.25, 0.3) is 0 Å². The third kappa shape index (κ3) is 5.96. The highest BCUT2D eigenvalue weighted by Crippen LogP contribution is 2.23. The van der Waals surface area contributed by atoms with Gasteiger partial charge in [-0.2, -0.15) is 13.8 Å². The van der Waals surface area contributed by atoms with Crippen molar-refractivity contribution in [2.45, 2.75) is 51.2 Å². The minimum atomic E-state index is -4.18. The lowest BCUT2D eigenvalue weighted by atomic mass is 10.1. The topological polar surface area (TPSA) is 60.2 Å². The molecule has 1 aromatic heterocycles. The van der Waals surface area contributed by atoms with Crippen LogP contribution in [-0.2, 0) is 17.8 Å². The average molecular weight is 313 g/mol. The van der Waals surface area contributed by atoms with E-state index >= 15 is 0 Å². The SMILES string of the molecule is CCCC(Cc1nc(COCC(F)(F)C(F)F)no1)NC. The highest BCUT2D eigenvalue weighted by molar-refractivity contribution is 4.88. The molecular formula is C12H19F4N3O2. The van der Waals surface area contributed by atoms with Crippen LogP contribution >= 0.6 is 0 Å². The van der Waals surface area contributed by atoms with Gasteiger partial charge in [0.15, 0.2) is 5.82 Å². The van der Waals surface area contributed by atoms with Gasteiger partial charge in [-0.05, 0) is 13.5 Å². The molecule has 1 atom stereocenters. The van der Waals surface area contributed by atoms with Crippen molar-refractivity contribution in [1.82, 2.24) is 15.5 Å². The van der Waals surface area contributed by atoms with E-state index in [0.29, 0.717) is 12.3 Å². The second-order valence-electron chi connectivity index (χ2n) is 4.64. The molecule has 0 aliphatic carbocycles. The van der Waals surface area contributed by atoms with Gasteiger partial charge in [-0.15, -0.1) is 0 Å². The van der Waals surface area contributed by atoms with Crippen LogP contribution < -0.4 is 5.32 Å². The molecule has 0 spiro atoms. The van der Waals surface area contributed by atoms with E-state index in [1.807, 2.05) is 14.0 Å². The Labute approximate surface area is 120 Å². The average Bonchev–Trinajstić information content (AvgIpc) is 2.85. The maximum absolute atomic E-state index is 12.6. The molecule has 1 heterocycles. The van der Waals surface area contributed by atoms with Crippen LogP contribution in [0.1, 0.15) is 31.5 Å². The monoisotopic (exact) mass is 313 g/mol. The molecule has 5 nitrogen and oxygen atoms in total. The molecule has 0 saturated carbocycles. The van der Waals surface area contributed by atoms with Crippen molar-refractivity contribution in [2.75, 3.05) is 13.7 Å². The van der Waals surface area contributed by atoms with Gasteiger partial charge >= 0.3 is 12.3 Å². The third-order valence-corrected chi connectivity index (χ3v) is 2.82. The van der Waals surface area contributed by atoms with Gasteiger partial charge in [0, 0.05) is 12.5 Å². The first-order chi connectivity index (χ1) is 9.89. The number of aromatic nitrogens is 2.